The van der Waals surface area contributed by atoms with Crippen molar-refractivity contribution in [3.63, 3.8) is 0 Å². The Morgan fingerprint density at radius 1 is 1.16 bits per heavy atom. The van der Waals surface area contributed by atoms with Gasteiger partial charge in [-0.2, -0.15) is 0 Å². The van der Waals surface area contributed by atoms with Gasteiger partial charge in [-0.05, 0) is 36.2 Å². The van der Waals surface area contributed by atoms with Crippen LogP contribution in [0.1, 0.15) is 11.1 Å². The van der Waals surface area contributed by atoms with Gasteiger partial charge < -0.3 is 10.3 Å². The number of aromatic amines is 1. The highest BCUT2D eigenvalue weighted by Gasteiger charge is 2.19. The zero-order valence-corrected chi connectivity index (χ0v) is 14.8. The summed E-state index contributed by atoms with van der Waals surface area (Å²) in [6, 6.07) is 13.7. The predicted octanol–water partition coefficient (Wildman–Crippen LogP) is 5.21. The fraction of sp³-hybridized carbons (Fsp3) is 0.158. The molecule has 0 aliphatic carbocycles. The van der Waals surface area contributed by atoms with Crippen molar-refractivity contribution in [2.24, 2.45) is 4.99 Å². The van der Waals surface area contributed by atoms with Crippen LogP contribution in [0.4, 0.5) is 11.6 Å². The third kappa shape index (κ3) is 3.55. The Morgan fingerprint density at radius 3 is 2.84 bits per heavy atom. The lowest BCUT2D eigenvalue weighted by atomic mass is 10.0. The Morgan fingerprint density at radius 2 is 2.00 bits per heavy atom. The smallest absolute Gasteiger partial charge is 0.133 e. The van der Waals surface area contributed by atoms with E-state index in [4.69, 9.17) is 28.2 Å². The third-order valence-electron chi connectivity index (χ3n) is 4.14. The van der Waals surface area contributed by atoms with Gasteiger partial charge in [0.15, 0.2) is 0 Å². The van der Waals surface area contributed by atoms with Crippen molar-refractivity contribution in [2.45, 2.75) is 18.3 Å². The number of pyridine rings is 1. The van der Waals surface area contributed by atoms with E-state index in [9.17, 15) is 0 Å². The molecular weight excluding hydrogens is 355 g/mol. The molecule has 3 heterocycles. The SMILES string of the molecule is Clc1ccc(CNc2cccc(-c3c[nH]c4c3CC(Cl)C=N4)n2)cc1. The van der Waals surface area contributed by atoms with Crippen LogP contribution in [0.25, 0.3) is 11.3 Å². The number of hydrogen-bond acceptors (Lipinski definition) is 3. The minimum Gasteiger partial charge on any atom is -0.366 e. The standard InChI is InChI=1S/C19H16Cl2N4/c20-13-6-4-12(5-7-13)9-22-18-3-1-2-17(25-18)16-11-24-19-15(16)8-14(21)10-23-19/h1-7,10-11,14,24H,8-9H2,(H,22,25). The summed E-state index contributed by atoms with van der Waals surface area (Å²) in [6.45, 7) is 0.687. The number of aromatic nitrogens is 2. The Kier molecular flexibility index (Phi) is 4.47. The van der Waals surface area contributed by atoms with Crippen molar-refractivity contribution in [3.8, 4) is 11.3 Å². The van der Waals surface area contributed by atoms with Crippen LogP contribution in [-0.4, -0.2) is 21.6 Å². The monoisotopic (exact) mass is 370 g/mol. The van der Waals surface area contributed by atoms with E-state index in [-0.39, 0.29) is 5.38 Å². The fourth-order valence-corrected chi connectivity index (χ4v) is 3.21. The Hall–Kier alpha value is -2.30. The van der Waals surface area contributed by atoms with E-state index < -0.39 is 0 Å². The summed E-state index contributed by atoms with van der Waals surface area (Å²) in [5.74, 6) is 1.69. The molecule has 1 aliphatic heterocycles. The van der Waals surface area contributed by atoms with Crippen molar-refractivity contribution in [1.82, 2.24) is 9.97 Å². The van der Waals surface area contributed by atoms with Crippen molar-refractivity contribution in [2.75, 3.05) is 5.32 Å². The lowest BCUT2D eigenvalue weighted by molar-refractivity contribution is 1.03. The Balaban J connectivity index is 1.55. The Bertz CT molecular complexity index is 915. The van der Waals surface area contributed by atoms with Crippen molar-refractivity contribution in [3.05, 3.63) is 64.8 Å². The molecule has 0 spiro atoms. The normalized spacial score (nSPS) is 15.8. The molecule has 0 saturated heterocycles. The number of H-pyrrole nitrogens is 1. The second-order valence-corrected chi connectivity index (χ2v) is 6.91. The van der Waals surface area contributed by atoms with Crippen LogP contribution in [-0.2, 0) is 13.0 Å². The second kappa shape index (κ2) is 6.90. The summed E-state index contributed by atoms with van der Waals surface area (Å²) in [5, 5.41) is 4.01. The van der Waals surface area contributed by atoms with E-state index in [0.717, 1.165) is 45.5 Å². The number of halogens is 2. The van der Waals surface area contributed by atoms with Crippen LogP contribution in [0, 0.1) is 0 Å². The molecule has 6 heteroatoms. The lowest BCUT2D eigenvalue weighted by Crippen LogP contribution is -2.09. The molecule has 126 valence electrons. The van der Waals surface area contributed by atoms with Gasteiger partial charge in [0.1, 0.15) is 11.6 Å². The second-order valence-electron chi connectivity index (χ2n) is 5.92. The summed E-state index contributed by atoms with van der Waals surface area (Å²) in [5.41, 5.74) is 4.21. The molecule has 4 nitrogen and oxygen atoms in total. The molecule has 0 bridgehead atoms. The van der Waals surface area contributed by atoms with Gasteiger partial charge in [0.25, 0.3) is 0 Å². The van der Waals surface area contributed by atoms with Crippen molar-refractivity contribution in [1.29, 1.82) is 0 Å². The predicted molar refractivity (Wildman–Crippen MR) is 104 cm³/mol. The van der Waals surface area contributed by atoms with Crippen molar-refractivity contribution >= 4 is 41.1 Å². The zero-order valence-electron chi connectivity index (χ0n) is 13.3. The minimum atomic E-state index is -0.0757. The van der Waals surface area contributed by atoms with Gasteiger partial charge in [-0.25, -0.2) is 9.98 Å². The first-order valence-corrected chi connectivity index (χ1v) is 8.85. The highest BCUT2D eigenvalue weighted by molar-refractivity contribution is 6.30. The number of anilines is 1. The molecule has 1 aromatic carbocycles. The largest absolute Gasteiger partial charge is 0.366 e. The molecular formula is C19H16Cl2N4. The quantitative estimate of drug-likeness (QED) is 0.619. The van der Waals surface area contributed by atoms with Crippen molar-refractivity contribution < 1.29 is 0 Å². The van der Waals surface area contributed by atoms with E-state index >= 15 is 0 Å². The third-order valence-corrected chi connectivity index (χ3v) is 4.66. The molecule has 2 aromatic heterocycles. The van der Waals surface area contributed by atoms with Gasteiger partial charge in [-0.1, -0.05) is 29.8 Å². The van der Waals surface area contributed by atoms with Gasteiger partial charge in [0.2, 0.25) is 0 Å². The number of nitrogens with zero attached hydrogens (tertiary/aromatic N) is 2. The zero-order chi connectivity index (χ0) is 17.2. The van der Waals surface area contributed by atoms with E-state index in [1.54, 1.807) is 6.21 Å². The number of fused-ring (bicyclic) bond motifs is 1. The lowest BCUT2D eigenvalue weighted by Gasteiger charge is -2.12. The molecule has 25 heavy (non-hydrogen) atoms. The van der Waals surface area contributed by atoms with E-state index in [1.165, 1.54) is 0 Å². The van der Waals surface area contributed by atoms with Gasteiger partial charge in [0.05, 0.1) is 11.1 Å². The maximum atomic E-state index is 6.22. The fourth-order valence-electron chi connectivity index (χ4n) is 2.87. The van der Waals surface area contributed by atoms with Crippen LogP contribution < -0.4 is 5.32 Å². The van der Waals surface area contributed by atoms with E-state index in [1.807, 2.05) is 48.7 Å². The number of hydrogen-bond donors (Lipinski definition) is 2. The summed E-state index contributed by atoms with van der Waals surface area (Å²) in [4.78, 5) is 12.3. The number of rotatable bonds is 4. The molecule has 3 aromatic rings. The first kappa shape index (κ1) is 16.2. The molecule has 0 fully saturated rings. The molecule has 1 aliphatic rings. The molecule has 0 radical (unpaired) electrons. The van der Waals surface area contributed by atoms with Gasteiger partial charge in [-0.3, -0.25) is 0 Å². The summed E-state index contributed by atoms with van der Waals surface area (Å²) in [6.07, 6.45) is 4.47. The minimum absolute atomic E-state index is 0.0757. The van der Waals surface area contributed by atoms with E-state index in [0.29, 0.717) is 6.54 Å². The molecule has 0 amide bonds. The summed E-state index contributed by atoms with van der Waals surface area (Å²) < 4.78 is 0. The highest BCUT2D eigenvalue weighted by atomic mass is 35.5. The maximum Gasteiger partial charge on any atom is 0.133 e. The summed E-state index contributed by atoms with van der Waals surface area (Å²) >= 11 is 12.1. The van der Waals surface area contributed by atoms with Gasteiger partial charge in [0, 0.05) is 35.1 Å². The molecule has 1 atom stereocenters. The molecule has 2 N–H and O–H groups in total. The van der Waals surface area contributed by atoms with Crippen LogP contribution in [0.2, 0.25) is 5.02 Å². The van der Waals surface area contributed by atoms with Crippen LogP contribution >= 0.6 is 23.2 Å². The molecule has 0 saturated carbocycles. The average Bonchev–Trinajstić information content (AvgIpc) is 3.04. The van der Waals surface area contributed by atoms with E-state index in [2.05, 4.69) is 15.3 Å². The van der Waals surface area contributed by atoms with Crippen LogP contribution in [0.5, 0.6) is 0 Å². The van der Waals surface area contributed by atoms with Crippen LogP contribution in [0.3, 0.4) is 0 Å². The van der Waals surface area contributed by atoms with Crippen LogP contribution in [0.15, 0.2) is 53.7 Å². The van der Waals surface area contributed by atoms with Gasteiger partial charge in [-0.15, -0.1) is 11.6 Å². The number of aliphatic imine (C=N–C) groups is 1. The number of benzene rings is 1. The molecule has 1 unspecified atom stereocenters. The first-order chi connectivity index (χ1) is 12.2. The van der Waals surface area contributed by atoms with Gasteiger partial charge >= 0.3 is 0 Å². The molecule has 4 rings (SSSR count). The number of nitrogens with one attached hydrogen (secondary N) is 2. The number of alkyl halides is 1. The first-order valence-electron chi connectivity index (χ1n) is 8.03. The summed E-state index contributed by atoms with van der Waals surface area (Å²) in [7, 11) is 0. The topological polar surface area (TPSA) is 53.1 Å². The Labute approximate surface area is 155 Å². The average molecular weight is 371 g/mol. The maximum absolute atomic E-state index is 6.22. The highest BCUT2D eigenvalue weighted by Crippen LogP contribution is 2.34.